The maximum atomic E-state index is 9.17. The molecule has 3 heterocycles. The first-order valence-electron chi connectivity index (χ1n) is 6.60. The highest BCUT2D eigenvalue weighted by molar-refractivity contribution is 7.10. The van der Waals surface area contributed by atoms with Crippen LogP contribution in [0.2, 0.25) is 0 Å². The number of aliphatic hydroxyl groups excluding tert-OH is 1. The van der Waals surface area contributed by atoms with Gasteiger partial charge in [0.25, 0.3) is 0 Å². The molecule has 0 radical (unpaired) electrons. The molecule has 0 saturated heterocycles. The molecule has 3 nitrogen and oxygen atoms in total. The SMILES string of the molecule is Cc1cc(CO)cnc1N1CCc2sccc2C1C. The van der Waals surface area contributed by atoms with Crippen LogP contribution < -0.4 is 4.90 Å². The largest absolute Gasteiger partial charge is 0.392 e. The van der Waals surface area contributed by atoms with Gasteiger partial charge in [-0.15, -0.1) is 11.3 Å². The summed E-state index contributed by atoms with van der Waals surface area (Å²) in [5.41, 5.74) is 3.45. The lowest BCUT2D eigenvalue weighted by Gasteiger charge is -2.35. The number of anilines is 1. The number of thiophene rings is 1. The quantitative estimate of drug-likeness (QED) is 0.914. The van der Waals surface area contributed by atoms with E-state index >= 15 is 0 Å². The molecule has 1 unspecified atom stereocenters. The van der Waals surface area contributed by atoms with E-state index in [1.165, 1.54) is 10.4 Å². The zero-order chi connectivity index (χ0) is 13.4. The van der Waals surface area contributed by atoms with Crippen LogP contribution in [0.25, 0.3) is 0 Å². The molecule has 0 fully saturated rings. The van der Waals surface area contributed by atoms with Crippen molar-refractivity contribution in [1.82, 2.24) is 4.98 Å². The van der Waals surface area contributed by atoms with Crippen molar-refractivity contribution in [2.24, 2.45) is 0 Å². The number of aryl methyl sites for hydroxylation is 1. The number of aliphatic hydroxyl groups is 1. The third-order valence-electron chi connectivity index (χ3n) is 3.84. The fourth-order valence-electron chi connectivity index (χ4n) is 2.81. The van der Waals surface area contributed by atoms with Gasteiger partial charge in [0.1, 0.15) is 5.82 Å². The van der Waals surface area contributed by atoms with E-state index in [1.807, 2.05) is 17.4 Å². The van der Waals surface area contributed by atoms with E-state index in [1.54, 1.807) is 6.20 Å². The lowest BCUT2D eigenvalue weighted by Crippen LogP contribution is -2.34. The zero-order valence-corrected chi connectivity index (χ0v) is 12.1. The van der Waals surface area contributed by atoms with Crippen molar-refractivity contribution in [2.75, 3.05) is 11.4 Å². The molecule has 0 bridgehead atoms. The fraction of sp³-hybridized carbons (Fsp3) is 0.400. The van der Waals surface area contributed by atoms with Gasteiger partial charge in [0.15, 0.2) is 0 Å². The predicted molar refractivity (Wildman–Crippen MR) is 78.7 cm³/mol. The van der Waals surface area contributed by atoms with Crippen molar-refractivity contribution in [2.45, 2.75) is 32.9 Å². The van der Waals surface area contributed by atoms with Gasteiger partial charge in [0, 0.05) is 17.6 Å². The molecule has 0 amide bonds. The minimum atomic E-state index is 0.0539. The topological polar surface area (TPSA) is 36.4 Å². The summed E-state index contributed by atoms with van der Waals surface area (Å²) in [5.74, 6) is 1.04. The maximum Gasteiger partial charge on any atom is 0.131 e. The molecule has 1 aliphatic heterocycles. The van der Waals surface area contributed by atoms with Crippen molar-refractivity contribution in [3.63, 3.8) is 0 Å². The van der Waals surface area contributed by atoms with Crippen molar-refractivity contribution in [3.05, 3.63) is 45.3 Å². The summed E-state index contributed by atoms with van der Waals surface area (Å²) in [7, 11) is 0. The first-order valence-corrected chi connectivity index (χ1v) is 7.48. The molecule has 1 aliphatic rings. The summed E-state index contributed by atoms with van der Waals surface area (Å²) in [5, 5.41) is 11.3. The Morgan fingerprint density at radius 3 is 3.11 bits per heavy atom. The van der Waals surface area contributed by atoms with Crippen molar-refractivity contribution >= 4 is 17.2 Å². The highest BCUT2D eigenvalue weighted by Gasteiger charge is 2.26. The van der Waals surface area contributed by atoms with E-state index < -0.39 is 0 Å². The Labute approximate surface area is 117 Å². The molecule has 100 valence electrons. The predicted octanol–water partition coefficient (Wildman–Crippen LogP) is 3.07. The summed E-state index contributed by atoms with van der Waals surface area (Å²) >= 11 is 1.86. The molecule has 2 aromatic rings. The summed E-state index contributed by atoms with van der Waals surface area (Å²) < 4.78 is 0. The average Bonchev–Trinajstić information content (AvgIpc) is 2.89. The maximum absolute atomic E-state index is 9.17. The highest BCUT2D eigenvalue weighted by atomic mass is 32.1. The van der Waals surface area contributed by atoms with Gasteiger partial charge in [-0.25, -0.2) is 4.98 Å². The molecule has 0 saturated carbocycles. The monoisotopic (exact) mass is 274 g/mol. The van der Waals surface area contributed by atoms with Crippen LogP contribution in [0, 0.1) is 6.92 Å². The second-order valence-corrected chi connectivity index (χ2v) is 6.06. The number of fused-ring (bicyclic) bond motifs is 1. The van der Waals surface area contributed by atoms with Crippen molar-refractivity contribution in [1.29, 1.82) is 0 Å². The van der Waals surface area contributed by atoms with Gasteiger partial charge in [-0.2, -0.15) is 0 Å². The minimum absolute atomic E-state index is 0.0539. The van der Waals surface area contributed by atoms with Gasteiger partial charge in [0.05, 0.1) is 12.6 Å². The van der Waals surface area contributed by atoms with Crippen LogP contribution in [-0.2, 0) is 13.0 Å². The van der Waals surface area contributed by atoms with Gasteiger partial charge in [-0.05, 0) is 54.5 Å². The van der Waals surface area contributed by atoms with Crippen LogP contribution in [0.1, 0.15) is 34.5 Å². The third kappa shape index (κ3) is 2.15. The molecule has 0 aliphatic carbocycles. The smallest absolute Gasteiger partial charge is 0.131 e. The fourth-order valence-corrected chi connectivity index (χ4v) is 3.77. The van der Waals surface area contributed by atoms with Crippen LogP contribution in [0.5, 0.6) is 0 Å². The number of hydrogen-bond donors (Lipinski definition) is 1. The van der Waals surface area contributed by atoms with E-state index in [0.29, 0.717) is 6.04 Å². The Bertz CT molecular complexity index is 594. The Hall–Kier alpha value is -1.39. The number of aromatic nitrogens is 1. The van der Waals surface area contributed by atoms with E-state index in [2.05, 4.69) is 35.2 Å². The van der Waals surface area contributed by atoms with Crippen LogP contribution >= 0.6 is 11.3 Å². The molecule has 3 rings (SSSR count). The molecular formula is C15H18N2OS. The van der Waals surface area contributed by atoms with E-state index in [0.717, 1.165) is 29.9 Å². The van der Waals surface area contributed by atoms with Crippen LogP contribution in [0.3, 0.4) is 0 Å². The van der Waals surface area contributed by atoms with E-state index in [4.69, 9.17) is 5.11 Å². The van der Waals surface area contributed by atoms with E-state index in [9.17, 15) is 0 Å². The van der Waals surface area contributed by atoms with Gasteiger partial charge in [-0.3, -0.25) is 0 Å². The normalized spacial score (nSPS) is 18.5. The summed E-state index contributed by atoms with van der Waals surface area (Å²) in [6.07, 6.45) is 2.87. The Balaban J connectivity index is 1.95. The molecule has 4 heteroatoms. The van der Waals surface area contributed by atoms with Crippen molar-refractivity contribution in [3.8, 4) is 0 Å². The first kappa shape index (κ1) is 12.6. The number of pyridine rings is 1. The standard InChI is InChI=1S/C15H18N2OS/c1-10-7-12(9-18)8-16-15(10)17-5-3-14-13(11(17)2)4-6-19-14/h4,6-8,11,18H,3,5,9H2,1-2H3. The van der Waals surface area contributed by atoms with E-state index in [-0.39, 0.29) is 6.61 Å². The number of hydrogen-bond acceptors (Lipinski definition) is 4. The zero-order valence-electron chi connectivity index (χ0n) is 11.3. The number of nitrogens with zero attached hydrogens (tertiary/aromatic N) is 2. The van der Waals surface area contributed by atoms with Crippen molar-refractivity contribution < 1.29 is 5.11 Å². The number of rotatable bonds is 2. The Morgan fingerprint density at radius 1 is 1.53 bits per heavy atom. The lowest BCUT2D eigenvalue weighted by atomic mass is 10.0. The molecular weight excluding hydrogens is 256 g/mol. The molecule has 2 aromatic heterocycles. The molecule has 0 spiro atoms. The van der Waals surface area contributed by atoms with Crippen LogP contribution in [0.15, 0.2) is 23.7 Å². The van der Waals surface area contributed by atoms with Gasteiger partial charge in [0.2, 0.25) is 0 Å². The minimum Gasteiger partial charge on any atom is -0.392 e. The summed E-state index contributed by atoms with van der Waals surface area (Å²) in [4.78, 5) is 8.42. The Morgan fingerprint density at radius 2 is 2.37 bits per heavy atom. The third-order valence-corrected chi connectivity index (χ3v) is 4.84. The molecule has 1 N–H and O–H groups in total. The lowest BCUT2D eigenvalue weighted by molar-refractivity contribution is 0.281. The summed E-state index contributed by atoms with van der Waals surface area (Å²) in [6.45, 7) is 5.38. The highest BCUT2D eigenvalue weighted by Crippen LogP contribution is 2.36. The second-order valence-electron chi connectivity index (χ2n) is 5.06. The van der Waals surface area contributed by atoms with Gasteiger partial charge < -0.3 is 10.0 Å². The average molecular weight is 274 g/mol. The van der Waals surface area contributed by atoms with Gasteiger partial charge in [-0.1, -0.05) is 0 Å². The molecule has 0 aromatic carbocycles. The Kier molecular flexibility index (Phi) is 3.29. The van der Waals surface area contributed by atoms with Crippen LogP contribution in [0.4, 0.5) is 5.82 Å². The summed E-state index contributed by atoms with van der Waals surface area (Å²) in [6, 6.07) is 4.63. The molecule has 1 atom stereocenters. The molecule has 19 heavy (non-hydrogen) atoms. The van der Waals surface area contributed by atoms with Gasteiger partial charge >= 0.3 is 0 Å². The van der Waals surface area contributed by atoms with Crippen LogP contribution in [-0.4, -0.2) is 16.6 Å². The first-order chi connectivity index (χ1) is 9.20. The second kappa shape index (κ2) is 4.94.